The van der Waals surface area contributed by atoms with Gasteiger partial charge in [0, 0.05) is 23.3 Å². The van der Waals surface area contributed by atoms with Crippen molar-refractivity contribution in [3.05, 3.63) is 46.7 Å². The van der Waals surface area contributed by atoms with Crippen LogP contribution in [-0.2, 0) is 0 Å². The Morgan fingerprint density at radius 3 is 2.74 bits per heavy atom. The van der Waals surface area contributed by atoms with Gasteiger partial charge < -0.3 is 4.90 Å². The summed E-state index contributed by atoms with van der Waals surface area (Å²) in [6.07, 6.45) is 9.73. The Bertz CT molecular complexity index is 709. The summed E-state index contributed by atoms with van der Waals surface area (Å²) in [4.78, 5) is 15.0. The molecular formula is C18H20BrN3O. The predicted octanol–water partition coefficient (Wildman–Crippen LogP) is 4.04. The highest BCUT2D eigenvalue weighted by atomic mass is 79.9. The third-order valence-electron chi connectivity index (χ3n) is 5.19. The van der Waals surface area contributed by atoms with Gasteiger partial charge in [0.2, 0.25) is 0 Å². The number of hydrogen-bond donors (Lipinski definition) is 0. The maximum atomic E-state index is 12.9. The number of carbonyl (C=O) groups excluding carboxylic acids is 1. The Kier molecular flexibility index (Phi) is 3.97. The number of aromatic nitrogens is 2. The molecule has 0 radical (unpaired) electrons. The van der Waals surface area contributed by atoms with E-state index in [0.29, 0.717) is 17.5 Å². The average molecular weight is 374 g/mol. The quantitative estimate of drug-likeness (QED) is 0.796. The van der Waals surface area contributed by atoms with Gasteiger partial charge in [-0.05, 0) is 49.4 Å². The van der Waals surface area contributed by atoms with E-state index in [1.165, 1.54) is 19.3 Å². The lowest BCUT2D eigenvalue weighted by Crippen LogP contribution is -2.39. The first-order valence-electron chi connectivity index (χ1n) is 8.34. The lowest BCUT2D eigenvalue weighted by Gasteiger charge is -2.31. The number of halogens is 1. The molecule has 2 aliphatic rings. The first-order chi connectivity index (χ1) is 11.2. The van der Waals surface area contributed by atoms with Gasteiger partial charge in [-0.1, -0.05) is 28.8 Å². The molecule has 2 fully saturated rings. The second-order valence-electron chi connectivity index (χ2n) is 6.55. The maximum Gasteiger partial charge on any atom is 0.257 e. The molecule has 1 aromatic carbocycles. The van der Waals surface area contributed by atoms with E-state index in [-0.39, 0.29) is 5.91 Å². The fraction of sp³-hybridized carbons (Fsp3) is 0.444. The van der Waals surface area contributed by atoms with E-state index in [0.717, 1.165) is 29.5 Å². The molecule has 2 atom stereocenters. The fourth-order valence-electron chi connectivity index (χ4n) is 3.99. The molecular weight excluding hydrogens is 354 g/mol. The van der Waals surface area contributed by atoms with Crippen molar-refractivity contribution in [2.45, 2.75) is 38.1 Å². The summed E-state index contributed by atoms with van der Waals surface area (Å²) in [7, 11) is 0. The van der Waals surface area contributed by atoms with E-state index in [4.69, 9.17) is 0 Å². The number of rotatable bonds is 2. The summed E-state index contributed by atoms with van der Waals surface area (Å²) in [6.45, 7) is 0.900. The van der Waals surface area contributed by atoms with Crippen LogP contribution < -0.4 is 0 Å². The zero-order chi connectivity index (χ0) is 15.8. The molecule has 0 spiro atoms. The molecule has 1 aromatic heterocycles. The van der Waals surface area contributed by atoms with Crippen LogP contribution in [0, 0.1) is 5.92 Å². The van der Waals surface area contributed by atoms with Gasteiger partial charge in [0.25, 0.3) is 5.91 Å². The second-order valence-corrected chi connectivity index (χ2v) is 7.46. The van der Waals surface area contributed by atoms with Crippen LogP contribution in [0.3, 0.4) is 0 Å². The lowest BCUT2D eigenvalue weighted by atomic mass is 9.85. The van der Waals surface area contributed by atoms with Gasteiger partial charge in [-0.15, -0.1) is 0 Å². The van der Waals surface area contributed by atoms with Crippen molar-refractivity contribution in [3.8, 4) is 5.69 Å². The van der Waals surface area contributed by atoms with Crippen molar-refractivity contribution in [1.29, 1.82) is 0 Å². The van der Waals surface area contributed by atoms with Gasteiger partial charge in [0.05, 0.1) is 17.4 Å². The SMILES string of the molecule is O=C(c1cnn(-c2ccc(Br)cc2)c1)N1CCC2CCCCC21. The normalized spacial score (nSPS) is 23.8. The largest absolute Gasteiger partial charge is 0.335 e. The lowest BCUT2D eigenvalue weighted by molar-refractivity contribution is 0.0690. The molecule has 5 heteroatoms. The second kappa shape index (κ2) is 6.11. The number of nitrogens with zero attached hydrogens (tertiary/aromatic N) is 3. The third-order valence-corrected chi connectivity index (χ3v) is 5.72. The number of likely N-dealkylation sites (tertiary alicyclic amines) is 1. The summed E-state index contributed by atoms with van der Waals surface area (Å²) < 4.78 is 2.80. The standard InChI is InChI=1S/C18H20BrN3O/c19-15-5-7-16(8-6-15)22-12-14(11-20-22)18(23)21-10-9-13-3-1-2-4-17(13)21/h5-8,11-13,17H,1-4,9-10H2. The average Bonchev–Trinajstić information content (AvgIpc) is 3.22. The van der Waals surface area contributed by atoms with Crippen molar-refractivity contribution >= 4 is 21.8 Å². The highest BCUT2D eigenvalue weighted by Gasteiger charge is 2.38. The number of amides is 1. The maximum absolute atomic E-state index is 12.9. The summed E-state index contributed by atoms with van der Waals surface area (Å²) in [5, 5.41) is 4.37. The van der Waals surface area contributed by atoms with Crippen LogP contribution in [-0.4, -0.2) is 33.2 Å². The molecule has 4 rings (SSSR count). The van der Waals surface area contributed by atoms with Crippen molar-refractivity contribution in [1.82, 2.24) is 14.7 Å². The molecule has 2 unspecified atom stereocenters. The van der Waals surface area contributed by atoms with E-state index in [1.54, 1.807) is 10.9 Å². The number of hydrogen-bond acceptors (Lipinski definition) is 2. The molecule has 1 amide bonds. The highest BCUT2D eigenvalue weighted by molar-refractivity contribution is 9.10. The number of fused-ring (bicyclic) bond motifs is 1. The van der Waals surface area contributed by atoms with Crippen LogP contribution in [0.1, 0.15) is 42.5 Å². The van der Waals surface area contributed by atoms with Crippen LogP contribution in [0.2, 0.25) is 0 Å². The molecule has 1 aliphatic carbocycles. The molecule has 0 bridgehead atoms. The topological polar surface area (TPSA) is 38.1 Å². The Hall–Kier alpha value is -1.62. The van der Waals surface area contributed by atoms with Crippen molar-refractivity contribution in [3.63, 3.8) is 0 Å². The van der Waals surface area contributed by atoms with Gasteiger partial charge in [-0.2, -0.15) is 5.10 Å². The fourth-order valence-corrected chi connectivity index (χ4v) is 4.26. The van der Waals surface area contributed by atoms with Gasteiger partial charge in [0.1, 0.15) is 0 Å². The van der Waals surface area contributed by atoms with Crippen molar-refractivity contribution in [2.75, 3.05) is 6.54 Å². The molecule has 23 heavy (non-hydrogen) atoms. The third kappa shape index (κ3) is 2.82. The minimum atomic E-state index is 0.141. The van der Waals surface area contributed by atoms with Crippen LogP contribution >= 0.6 is 15.9 Å². The molecule has 1 saturated carbocycles. The number of carbonyl (C=O) groups is 1. The van der Waals surface area contributed by atoms with Gasteiger partial charge in [-0.3, -0.25) is 4.79 Å². The Morgan fingerprint density at radius 2 is 1.91 bits per heavy atom. The molecule has 1 saturated heterocycles. The molecule has 2 heterocycles. The van der Waals surface area contributed by atoms with Crippen LogP contribution in [0.4, 0.5) is 0 Å². The predicted molar refractivity (Wildman–Crippen MR) is 92.7 cm³/mol. The van der Waals surface area contributed by atoms with Crippen LogP contribution in [0.5, 0.6) is 0 Å². The first kappa shape index (κ1) is 14.9. The minimum absolute atomic E-state index is 0.141. The van der Waals surface area contributed by atoms with Gasteiger partial charge >= 0.3 is 0 Å². The van der Waals surface area contributed by atoms with Crippen LogP contribution in [0.15, 0.2) is 41.1 Å². The number of benzene rings is 1. The smallest absolute Gasteiger partial charge is 0.257 e. The van der Waals surface area contributed by atoms with Gasteiger partial charge in [-0.25, -0.2) is 4.68 Å². The summed E-state index contributed by atoms with van der Waals surface area (Å²) in [5.41, 5.74) is 1.66. The summed E-state index contributed by atoms with van der Waals surface area (Å²) in [5.74, 6) is 0.858. The highest BCUT2D eigenvalue weighted by Crippen LogP contribution is 2.36. The Balaban J connectivity index is 1.54. The molecule has 4 nitrogen and oxygen atoms in total. The van der Waals surface area contributed by atoms with Gasteiger partial charge in [0.15, 0.2) is 0 Å². The van der Waals surface area contributed by atoms with E-state index in [9.17, 15) is 4.79 Å². The Labute approximate surface area is 144 Å². The van der Waals surface area contributed by atoms with E-state index >= 15 is 0 Å². The van der Waals surface area contributed by atoms with E-state index < -0.39 is 0 Å². The summed E-state index contributed by atoms with van der Waals surface area (Å²) in [6, 6.07) is 8.38. The van der Waals surface area contributed by atoms with E-state index in [1.807, 2.05) is 30.5 Å². The molecule has 0 N–H and O–H groups in total. The Morgan fingerprint density at radius 1 is 1.13 bits per heavy atom. The molecule has 1 aliphatic heterocycles. The zero-order valence-corrected chi connectivity index (χ0v) is 14.6. The molecule has 2 aromatic rings. The van der Waals surface area contributed by atoms with Crippen LogP contribution in [0.25, 0.3) is 5.69 Å². The zero-order valence-electron chi connectivity index (χ0n) is 13.0. The molecule has 120 valence electrons. The van der Waals surface area contributed by atoms with Crippen molar-refractivity contribution < 1.29 is 4.79 Å². The van der Waals surface area contributed by atoms with E-state index in [2.05, 4.69) is 25.9 Å². The monoisotopic (exact) mass is 373 g/mol. The minimum Gasteiger partial charge on any atom is -0.335 e. The van der Waals surface area contributed by atoms with Crippen molar-refractivity contribution in [2.24, 2.45) is 5.92 Å². The summed E-state index contributed by atoms with van der Waals surface area (Å²) >= 11 is 3.43. The first-order valence-corrected chi connectivity index (χ1v) is 9.13.